The Kier molecular flexibility index (Phi) is 10.2. The van der Waals surface area contributed by atoms with Gasteiger partial charge in [0.25, 0.3) is 0 Å². The van der Waals surface area contributed by atoms with E-state index in [1.165, 1.54) is 25.7 Å². The summed E-state index contributed by atoms with van der Waals surface area (Å²) >= 11 is 0. The van der Waals surface area contributed by atoms with Gasteiger partial charge in [-0.05, 0) is 25.7 Å². The molecule has 0 unspecified atom stereocenters. The Balaban J connectivity index is 2.92. The number of hydrogen-bond acceptors (Lipinski definition) is 2. The van der Waals surface area contributed by atoms with Gasteiger partial charge in [-0.3, -0.25) is 0 Å². The number of nitrogens with zero attached hydrogens (tertiary/aromatic N) is 1. The molecule has 2 nitrogen and oxygen atoms in total. The molecule has 0 fully saturated rings. The second-order valence-corrected chi connectivity index (χ2v) is 2.95. The Morgan fingerprint density at radius 1 is 1.23 bits per heavy atom. The highest BCUT2D eigenvalue weighted by Gasteiger charge is 1.88. The predicted octanol–water partition coefficient (Wildman–Crippen LogP) is 2.94. The van der Waals surface area contributed by atoms with E-state index < -0.39 is 0 Å². The van der Waals surface area contributed by atoms with Crippen LogP contribution >= 0.6 is 0 Å². The molecule has 0 aromatic rings. The molecule has 0 aliphatic heterocycles. The third-order valence-corrected chi connectivity index (χ3v) is 1.81. The molecule has 0 N–H and O–H groups in total. The zero-order valence-electron chi connectivity index (χ0n) is 8.38. The van der Waals surface area contributed by atoms with Crippen molar-refractivity contribution in [3.63, 3.8) is 0 Å². The molecular formula is C11H18NO. The smallest absolute Gasteiger partial charge is 0.106 e. The Labute approximate surface area is 81.4 Å². The lowest BCUT2D eigenvalue weighted by molar-refractivity contribution is 0.214. The van der Waals surface area contributed by atoms with Crippen molar-refractivity contribution in [3.05, 3.63) is 6.42 Å². The summed E-state index contributed by atoms with van der Waals surface area (Å²) in [6.07, 6.45) is 16.3. The molecular weight excluding hydrogens is 162 g/mol. The maximum Gasteiger partial charge on any atom is 0.106 e. The van der Waals surface area contributed by atoms with Crippen LogP contribution < -0.4 is 0 Å². The topological polar surface area (TPSA) is 21.6 Å². The van der Waals surface area contributed by atoms with E-state index in [1.807, 2.05) is 6.21 Å². The molecule has 13 heavy (non-hydrogen) atoms. The molecule has 73 valence electrons. The van der Waals surface area contributed by atoms with Gasteiger partial charge in [-0.15, -0.1) is 0 Å². The lowest BCUT2D eigenvalue weighted by Gasteiger charge is -1.96. The van der Waals surface area contributed by atoms with Gasteiger partial charge in [0.2, 0.25) is 0 Å². The lowest BCUT2D eigenvalue weighted by atomic mass is 10.1. The molecule has 0 aliphatic rings. The van der Waals surface area contributed by atoms with Crippen LogP contribution in [0.3, 0.4) is 0 Å². The standard InChI is InChI=1S/C11H18NO/c1-3-4-5-6-7-8-9-10-11-12-13-2/h11H,4-10H2,2H3/b12-11-. The van der Waals surface area contributed by atoms with Crippen molar-refractivity contribution >= 4 is 6.21 Å². The van der Waals surface area contributed by atoms with Gasteiger partial charge in [-0.1, -0.05) is 30.3 Å². The second kappa shape index (κ2) is 11.0. The molecule has 0 aromatic carbocycles. The van der Waals surface area contributed by atoms with Gasteiger partial charge in [-0.2, -0.15) is 0 Å². The van der Waals surface area contributed by atoms with Crippen LogP contribution in [0.25, 0.3) is 0 Å². The van der Waals surface area contributed by atoms with Crippen molar-refractivity contribution in [1.82, 2.24) is 0 Å². The second-order valence-electron chi connectivity index (χ2n) is 2.95. The highest BCUT2D eigenvalue weighted by Crippen LogP contribution is 2.05. The van der Waals surface area contributed by atoms with E-state index >= 15 is 0 Å². The zero-order valence-corrected chi connectivity index (χ0v) is 8.38. The zero-order chi connectivity index (χ0) is 9.78. The largest absolute Gasteiger partial charge is 0.399 e. The monoisotopic (exact) mass is 180 g/mol. The van der Waals surface area contributed by atoms with Crippen molar-refractivity contribution in [2.24, 2.45) is 5.16 Å². The average Bonchev–Trinajstić information content (AvgIpc) is 2.16. The van der Waals surface area contributed by atoms with E-state index in [9.17, 15) is 0 Å². The highest BCUT2D eigenvalue weighted by molar-refractivity contribution is 5.55. The fourth-order valence-electron chi connectivity index (χ4n) is 1.11. The van der Waals surface area contributed by atoms with Crippen LogP contribution in [0, 0.1) is 12.3 Å². The molecule has 0 aliphatic carbocycles. The van der Waals surface area contributed by atoms with E-state index in [0.29, 0.717) is 0 Å². The molecule has 0 heterocycles. The lowest BCUT2D eigenvalue weighted by Crippen LogP contribution is -1.81. The van der Waals surface area contributed by atoms with Gasteiger partial charge in [0.15, 0.2) is 0 Å². The predicted molar refractivity (Wildman–Crippen MR) is 55.0 cm³/mol. The molecule has 0 aromatic heterocycles. The van der Waals surface area contributed by atoms with Crippen molar-refractivity contribution in [2.75, 3.05) is 7.11 Å². The van der Waals surface area contributed by atoms with Gasteiger partial charge in [0, 0.05) is 12.6 Å². The van der Waals surface area contributed by atoms with Crippen LogP contribution in [0.15, 0.2) is 5.16 Å². The van der Waals surface area contributed by atoms with Gasteiger partial charge in [0.05, 0.1) is 0 Å². The summed E-state index contributed by atoms with van der Waals surface area (Å²) < 4.78 is 0. The Morgan fingerprint density at radius 2 is 1.92 bits per heavy atom. The first-order valence-electron chi connectivity index (χ1n) is 4.86. The van der Waals surface area contributed by atoms with Crippen molar-refractivity contribution in [1.29, 1.82) is 0 Å². The first-order valence-corrected chi connectivity index (χ1v) is 4.86. The van der Waals surface area contributed by atoms with Gasteiger partial charge in [-0.25, -0.2) is 0 Å². The van der Waals surface area contributed by atoms with Crippen LogP contribution in [0.1, 0.15) is 44.9 Å². The average molecular weight is 180 g/mol. The molecule has 1 radical (unpaired) electrons. The van der Waals surface area contributed by atoms with Crippen LogP contribution in [-0.2, 0) is 4.84 Å². The van der Waals surface area contributed by atoms with Gasteiger partial charge >= 0.3 is 0 Å². The van der Waals surface area contributed by atoms with Gasteiger partial charge in [0.1, 0.15) is 7.11 Å². The Hall–Kier alpha value is -0.970. The summed E-state index contributed by atoms with van der Waals surface area (Å²) in [5.41, 5.74) is 0. The number of unbranched alkanes of at least 4 members (excludes halogenated alkanes) is 6. The SMILES string of the molecule is [C]#CCCCCCCC/C=N\OC. The summed E-state index contributed by atoms with van der Waals surface area (Å²) in [4.78, 5) is 4.54. The maximum absolute atomic E-state index is 6.71. The van der Waals surface area contributed by atoms with Crippen molar-refractivity contribution in [3.8, 4) is 5.92 Å². The van der Waals surface area contributed by atoms with Crippen LogP contribution in [0.5, 0.6) is 0 Å². The Bertz CT molecular complexity index is 158. The van der Waals surface area contributed by atoms with E-state index in [4.69, 9.17) is 6.42 Å². The first-order chi connectivity index (χ1) is 6.41. The first kappa shape index (κ1) is 12.0. The van der Waals surface area contributed by atoms with Crippen LogP contribution in [0.4, 0.5) is 0 Å². The number of oxime groups is 1. The highest BCUT2D eigenvalue weighted by atomic mass is 16.6. The fourth-order valence-corrected chi connectivity index (χ4v) is 1.11. The minimum atomic E-state index is 0.811. The molecule has 0 bridgehead atoms. The van der Waals surface area contributed by atoms with Crippen LogP contribution in [-0.4, -0.2) is 13.3 Å². The minimum absolute atomic E-state index is 0.811. The maximum atomic E-state index is 6.71. The molecule has 0 saturated heterocycles. The summed E-state index contributed by atoms with van der Waals surface area (Å²) in [6.45, 7) is 0. The Morgan fingerprint density at radius 3 is 2.62 bits per heavy atom. The summed E-state index contributed by atoms with van der Waals surface area (Å²) in [7, 11) is 1.56. The summed E-state index contributed by atoms with van der Waals surface area (Å²) in [6, 6.07) is 0. The summed E-state index contributed by atoms with van der Waals surface area (Å²) in [5, 5.41) is 3.66. The minimum Gasteiger partial charge on any atom is -0.399 e. The molecule has 2 heteroatoms. The van der Waals surface area contributed by atoms with Gasteiger partial charge < -0.3 is 4.84 Å². The molecule has 0 saturated carbocycles. The normalized spacial score (nSPS) is 10.2. The van der Waals surface area contributed by atoms with E-state index in [1.54, 1.807) is 7.11 Å². The summed E-state index contributed by atoms with van der Waals surface area (Å²) in [5.74, 6) is 2.40. The molecule has 0 rings (SSSR count). The van der Waals surface area contributed by atoms with E-state index in [0.717, 1.165) is 19.3 Å². The molecule has 0 spiro atoms. The quantitative estimate of drug-likeness (QED) is 0.243. The third-order valence-electron chi connectivity index (χ3n) is 1.81. The van der Waals surface area contributed by atoms with E-state index in [-0.39, 0.29) is 0 Å². The van der Waals surface area contributed by atoms with Crippen molar-refractivity contribution in [2.45, 2.75) is 44.9 Å². The fraction of sp³-hybridized carbons (Fsp3) is 0.727. The van der Waals surface area contributed by atoms with Crippen molar-refractivity contribution < 1.29 is 4.84 Å². The molecule has 0 amide bonds. The number of rotatable bonds is 8. The van der Waals surface area contributed by atoms with E-state index in [2.05, 4.69) is 15.9 Å². The third kappa shape index (κ3) is 11.0. The molecule has 0 atom stereocenters. The number of hydrogen-bond donors (Lipinski definition) is 0. The van der Waals surface area contributed by atoms with Crippen LogP contribution in [0.2, 0.25) is 0 Å².